The van der Waals surface area contributed by atoms with Gasteiger partial charge in [-0.15, -0.1) is 0 Å². The number of ether oxygens (including phenoxy) is 2. The van der Waals surface area contributed by atoms with Gasteiger partial charge in [-0.3, -0.25) is 9.78 Å². The summed E-state index contributed by atoms with van der Waals surface area (Å²) >= 11 is 0. The minimum Gasteiger partial charge on any atom is -0.381 e. The van der Waals surface area contributed by atoms with Crippen LogP contribution in [-0.4, -0.2) is 43.4 Å². The molecule has 0 aromatic carbocycles. The van der Waals surface area contributed by atoms with Gasteiger partial charge in [0.1, 0.15) is 5.69 Å². The predicted molar refractivity (Wildman–Crippen MR) is 87.5 cm³/mol. The van der Waals surface area contributed by atoms with E-state index in [0.717, 1.165) is 50.2 Å². The van der Waals surface area contributed by atoms with Gasteiger partial charge < -0.3 is 14.8 Å². The van der Waals surface area contributed by atoms with Crippen LogP contribution in [0.3, 0.4) is 0 Å². The fourth-order valence-corrected chi connectivity index (χ4v) is 3.52. The fourth-order valence-electron chi connectivity index (χ4n) is 3.52. The molecule has 0 bridgehead atoms. The number of hydrogen-bond donors (Lipinski definition) is 1. The Morgan fingerprint density at radius 3 is 2.78 bits per heavy atom. The highest BCUT2D eigenvalue weighted by Crippen LogP contribution is 2.39. The van der Waals surface area contributed by atoms with Crippen molar-refractivity contribution in [2.24, 2.45) is 5.41 Å². The summed E-state index contributed by atoms with van der Waals surface area (Å²) in [6.45, 7) is 6.94. The molecule has 2 fully saturated rings. The summed E-state index contributed by atoms with van der Waals surface area (Å²) in [6, 6.07) is 1.98. The average molecular weight is 318 g/mol. The number of carbonyl (C=O) groups is 1. The molecule has 5 heteroatoms. The smallest absolute Gasteiger partial charge is 0.270 e. The Balaban J connectivity index is 1.48. The van der Waals surface area contributed by atoms with Gasteiger partial charge in [0.2, 0.25) is 0 Å². The van der Waals surface area contributed by atoms with Crippen molar-refractivity contribution in [3.63, 3.8) is 0 Å². The summed E-state index contributed by atoms with van der Waals surface area (Å²) in [5.74, 6) is -0.113. The number of amides is 1. The molecule has 5 nitrogen and oxygen atoms in total. The van der Waals surface area contributed by atoms with Crippen molar-refractivity contribution in [2.45, 2.75) is 45.6 Å². The molecule has 2 aliphatic heterocycles. The van der Waals surface area contributed by atoms with E-state index in [9.17, 15) is 4.79 Å². The van der Waals surface area contributed by atoms with E-state index in [1.54, 1.807) is 6.20 Å². The molecule has 1 aromatic rings. The highest BCUT2D eigenvalue weighted by Gasteiger charge is 2.37. The molecule has 3 heterocycles. The van der Waals surface area contributed by atoms with Gasteiger partial charge >= 0.3 is 0 Å². The summed E-state index contributed by atoms with van der Waals surface area (Å²) in [6.07, 6.45) is 6.20. The predicted octanol–water partition coefficient (Wildman–Crippen LogP) is 2.40. The van der Waals surface area contributed by atoms with Gasteiger partial charge in [0.25, 0.3) is 5.91 Å². The summed E-state index contributed by atoms with van der Waals surface area (Å²) in [5, 5.41) is 2.97. The minimum atomic E-state index is -0.113. The van der Waals surface area contributed by atoms with Gasteiger partial charge in [-0.25, -0.2) is 0 Å². The zero-order chi connectivity index (χ0) is 16.3. The number of nitrogens with one attached hydrogen (secondary N) is 1. The summed E-state index contributed by atoms with van der Waals surface area (Å²) < 4.78 is 11.5. The van der Waals surface area contributed by atoms with E-state index in [4.69, 9.17) is 9.47 Å². The van der Waals surface area contributed by atoms with E-state index in [0.29, 0.717) is 17.7 Å². The number of aryl methyl sites for hydroxylation is 2. The standard InChI is InChI=1S/C18H26N2O3/c1-13-9-14(2)16(19-10-13)17(21)20-11-15-3-4-18(12-23-15)5-7-22-8-6-18/h9-10,15H,3-8,11-12H2,1-2H3,(H,20,21). The lowest BCUT2D eigenvalue weighted by Gasteiger charge is -2.42. The van der Waals surface area contributed by atoms with Crippen LogP contribution in [0.25, 0.3) is 0 Å². The Hall–Kier alpha value is -1.46. The van der Waals surface area contributed by atoms with Gasteiger partial charge in [0.05, 0.1) is 12.7 Å². The minimum absolute atomic E-state index is 0.109. The highest BCUT2D eigenvalue weighted by molar-refractivity contribution is 5.93. The summed E-state index contributed by atoms with van der Waals surface area (Å²) in [7, 11) is 0. The second kappa shape index (κ2) is 6.97. The largest absolute Gasteiger partial charge is 0.381 e. The molecule has 1 spiro atoms. The van der Waals surface area contributed by atoms with Crippen molar-refractivity contribution in [3.8, 4) is 0 Å². The van der Waals surface area contributed by atoms with Crippen molar-refractivity contribution in [2.75, 3.05) is 26.4 Å². The Bertz CT molecular complexity index is 557. The van der Waals surface area contributed by atoms with Crippen molar-refractivity contribution in [3.05, 3.63) is 29.1 Å². The first-order valence-electron chi connectivity index (χ1n) is 8.49. The van der Waals surface area contributed by atoms with E-state index in [1.807, 2.05) is 19.9 Å². The monoisotopic (exact) mass is 318 g/mol. The van der Waals surface area contributed by atoms with Gasteiger partial charge in [0, 0.05) is 26.0 Å². The molecular formula is C18H26N2O3. The van der Waals surface area contributed by atoms with Crippen molar-refractivity contribution in [1.82, 2.24) is 10.3 Å². The molecule has 2 aliphatic rings. The topological polar surface area (TPSA) is 60.5 Å². The molecule has 1 N–H and O–H groups in total. The number of carbonyl (C=O) groups excluding carboxylic acids is 1. The van der Waals surface area contributed by atoms with Crippen molar-refractivity contribution in [1.29, 1.82) is 0 Å². The molecule has 0 saturated carbocycles. The van der Waals surface area contributed by atoms with Crippen LogP contribution in [0.15, 0.2) is 12.3 Å². The maximum absolute atomic E-state index is 12.3. The van der Waals surface area contributed by atoms with Crippen molar-refractivity contribution >= 4 is 5.91 Å². The second-order valence-electron chi connectivity index (χ2n) is 6.97. The lowest BCUT2D eigenvalue weighted by atomic mass is 9.75. The van der Waals surface area contributed by atoms with Crippen LogP contribution in [0.2, 0.25) is 0 Å². The van der Waals surface area contributed by atoms with Crippen LogP contribution in [0.4, 0.5) is 0 Å². The van der Waals surface area contributed by atoms with Gasteiger partial charge in [-0.2, -0.15) is 0 Å². The maximum Gasteiger partial charge on any atom is 0.270 e. The lowest BCUT2D eigenvalue weighted by Crippen LogP contribution is -2.44. The van der Waals surface area contributed by atoms with E-state index in [-0.39, 0.29) is 12.0 Å². The third kappa shape index (κ3) is 3.90. The summed E-state index contributed by atoms with van der Waals surface area (Å²) in [5.41, 5.74) is 2.80. The van der Waals surface area contributed by atoms with E-state index in [2.05, 4.69) is 10.3 Å². The molecule has 1 aromatic heterocycles. The van der Waals surface area contributed by atoms with Crippen LogP contribution >= 0.6 is 0 Å². The second-order valence-corrected chi connectivity index (χ2v) is 6.97. The number of rotatable bonds is 3. The van der Waals surface area contributed by atoms with Gasteiger partial charge in [-0.1, -0.05) is 6.07 Å². The van der Waals surface area contributed by atoms with Gasteiger partial charge in [0.15, 0.2) is 0 Å². The third-order valence-electron chi connectivity index (χ3n) is 5.10. The zero-order valence-electron chi connectivity index (χ0n) is 14.1. The molecule has 1 amide bonds. The van der Waals surface area contributed by atoms with E-state index < -0.39 is 0 Å². The SMILES string of the molecule is Cc1cnc(C(=O)NCC2CCC3(CCOCC3)CO2)c(C)c1. The fraction of sp³-hybridized carbons (Fsp3) is 0.667. The number of aromatic nitrogens is 1. The van der Waals surface area contributed by atoms with Crippen LogP contribution in [0.1, 0.15) is 47.3 Å². The lowest BCUT2D eigenvalue weighted by molar-refractivity contribution is -0.103. The molecule has 1 unspecified atom stereocenters. The van der Waals surface area contributed by atoms with Crippen LogP contribution in [0, 0.1) is 19.3 Å². The molecule has 1 atom stereocenters. The molecule has 0 aliphatic carbocycles. The average Bonchev–Trinajstić information content (AvgIpc) is 2.55. The molecular weight excluding hydrogens is 292 g/mol. The molecule has 2 saturated heterocycles. The van der Waals surface area contributed by atoms with Gasteiger partial charge in [-0.05, 0) is 56.1 Å². The first-order valence-corrected chi connectivity index (χ1v) is 8.49. The highest BCUT2D eigenvalue weighted by atomic mass is 16.5. The first kappa shape index (κ1) is 16.4. The summed E-state index contributed by atoms with van der Waals surface area (Å²) in [4.78, 5) is 16.5. The molecule has 23 heavy (non-hydrogen) atoms. The number of hydrogen-bond acceptors (Lipinski definition) is 4. The zero-order valence-corrected chi connectivity index (χ0v) is 14.1. The molecule has 0 radical (unpaired) electrons. The molecule has 126 valence electrons. The van der Waals surface area contributed by atoms with Crippen LogP contribution in [-0.2, 0) is 9.47 Å². The van der Waals surface area contributed by atoms with E-state index >= 15 is 0 Å². The number of pyridine rings is 1. The van der Waals surface area contributed by atoms with E-state index in [1.165, 1.54) is 6.42 Å². The Labute approximate surface area is 137 Å². The maximum atomic E-state index is 12.3. The quantitative estimate of drug-likeness (QED) is 0.930. The van der Waals surface area contributed by atoms with Crippen molar-refractivity contribution < 1.29 is 14.3 Å². The molecule has 3 rings (SSSR count). The Kier molecular flexibility index (Phi) is 4.97. The normalized spacial score (nSPS) is 23.7. The Morgan fingerprint density at radius 2 is 2.13 bits per heavy atom. The number of nitrogens with zero attached hydrogens (tertiary/aromatic N) is 1. The first-order chi connectivity index (χ1) is 11.1. The van der Waals surface area contributed by atoms with Crippen LogP contribution in [0.5, 0.6) is 0 Å². The third-order valence-corrected chi connectivity index (χ3v) is 5.10. The Morgan fingerprint density at radius 1 is 1.35 bits per heavy atom. The van der Waals surface area contributed by atoms with Crippen LogP contribution < -0.4 is 5.32 Å².